The van der Waals surface area contributed by atoms with Crippen LogP contribution in [0.4, 0.5) is 0 Å². The fourth-order valence-electron chi connectivity index (χ4n) is 2.76. The molecule has 0 unspecified atom stereocenters. The highest BCUT2D eigenvalue weighted by Gasteiger charge is 2.27. The number of aromatic nitrogens is 2. The summed E-state index contributed by atoms with van der Waals surface area (Å²) in [6.45, 7) is -0.0733. The molecule has 2 aromatic rings. The molecule has 1 fully saturated rings. The van der Waals surface area contributed by atoms with Crippen LogP contribution in [0.5, 0.6) is 0 Å². The molecule has 0 radical (unpaired) electrons. The van der Waals surface area contributed by atoms with E-state index >= 15 is 0 Å². The number of hydrogen-bond donors (Lipinski definition) is 1. The molecule has 3 rings (SSSR count). The average molecular weight is 381 g/mol. The van der Waals surface area contributed by atoms with E-state index in [4.69, 9.17) is 4.74 Å². The molecule has 1 saturated heterocycles. The molecule has 1 aromatic heterocycles. The lowest BCUT2D eigenvalue weighted by Gasteiger charge is -2.16. The molecule has 1 aromatic carbocycles. The first kappa shape index (κ1) is 16.2. The van der Waals surface area contributed by atoms with Crippen LogP contribution in [-0.2, 0) is 11.2 Å². The summed E-state index contributed by atoms with van der Waals surface area (Å²) in [5, 5.41) is 9.17. The molecule has 1 aliphatic heterocycles. The zero-order chi connectivity index (χ0) is 16.4. The SMILES string of the molecule is O=c1c(Cc2ccccc2)cn([C@H]2CC[C@@H](CO)O2)c(=O)n1Br. The van der Waals surface area contributed by atoms with Crippen molar-refractivity contribution in [2.45, 2.75) is 31.6 Å². The number of halogens is 1. The van der Waals surface area contributed by atoms with E-state index in [1.165, 1.54) is 4.57 Å². The van der Waals surface area contributed by atoms with E-state index in [9.17, 15) is 14.7 Å². The Bertz CT molecular complexity index is 800. The highest BCUT2D eigenvalue weighted by Crippen LogP contribution is 2.26. The fraction of sp³-hybridized carbons (Fsp3) is 0.375. The summed E-state index contributed by atoms with van der Waals surface area (Å²) in [5.41, 5.74) is 0.647. The van der Waals surface area contributed by atoms with Gasteiger partial charge in [-0.1, -0.05) is 30.3 Å². The zero-order valence-corrected chi connectivity index (χ0v) is 14.0. The van der Waals surface area contributed by atoms with Crippen molar-refractivity contribution < 1.29 is 9.84 Å². The average Bonchev–Trinajstić information content (AvgIpc) is 3.05. The molecule has 0 amide bonds. The van der Waals surface area contributed by atoms with Crippen molar-refractivity contribution in [1.82, 2.24) is 8.16 Å². The van der Waals surface area contributed by atoms with Gasteiger partial charge < -0.3 is 9.84 Å². The summed E-state index contributed by atoms with van der Waals surface area (Å²) >= 11 is 3.04. The monoisotopic (exact) mass is 380 g/mol. The van der Waals surface area contributed by atoms with Gasteiger partial charge in [-0.15, -0.1) is 0 Å². The quantitative estimate of drug-likeness (QED) is 0.870. The molecular formula is C16H17BrN2O4. The second-order valence-electron chi connectivity index (χ2n) is 5.57. The number of rotatable bonds is 4. The van der Waals surface area contributed by atoms with E-state index in [0.717, 1.165) is 9.16 Å². The van der Waals surface area contributed by atoms with Crippen LogP contribution in [0.1, 0.15) is 30.2 Å². The number of aliphatic hydroxyl groups excluding tert-OH is 1. The van der Waals surface area contributed by atoms with Gasteiger partial charge in [0, 0.05) is 18.2 Å². The standard InChI is InChI=1S/C16H17BrN2O4/c17-19-15(21)12(8-11-4-2-1-3-5-11)9-18(16(19)22)14-7-6-13(10-20)23-14/h1-5,9,13-14,20H,6-8,10H2/t13-,14+/m0/s1. The summed E-state index contributed by atoms with van der Waals surface area (Å²) in [6, 6.07) is 9.59. The predicted molar refractivity (Wildman–Crippen MR) is 88.8 cm³/mol. The van der Waals surface area contributed by atoms with E-state index < -0.39 is 11.9 Å². The molecule has 0 spiro atoms. The molecule has 1 aliphatic rings. The Morgan fingerprint density at radius 1 is 1.22 bits per heavy atom. The second kappa shape index (κ2) is 6.82. The molecule has 0 aliphatic carbocycles. The van der Waals surface area contributed by atoms with Gasteiger partial charge in [0.25, 0.3) is 5.56 Å². The van der Waals surface area contributed by atoms with Crippen molar-refractivity contribution >= 4 is 16.1 Å². The summed E-state index contributed by atoms with van der Waals surface area (Å²) < 4.78 is 8.01. The van der Waals surface area contributed by atoms with E-state index in [0.29, 0.717) is 24.8 Å². The van der Waals surface area contributed by atoms with E-state index in [2.05, 4.69) is 16.1 Å². The lowest BCUT2D eigenvalue weighted by molar-refractivity contribution is -0.0248. The van der Waals surface area contributed by atoms with Crippen molar-refractivity contribution in [3.05, 3.63) is 68.5 Å². The van der Waals surface area contributed by atoms with E-state index in [-0.39, 0.29) is 18.3 Å². The first-order chi connectivity index (χ1) is 11.1. The molecule has 0 bridgehead atoms. The summed E-state index contributed by atoms with van der Waals surface area (Å²) in [4.78, 5) is 24.6. The molecule has 7 heteroatoms. The van der Waals surface area contributed by atoms with Gasteiger partial charge in [-0.3, -0.25) is 9.36 Å². The summed E-state index contributed by atoms with van der Waals surface area (Å²) in [7, 11) is 0. The van der Waals surface area contributed by atoms with E-state index in [1.807, 2.05) is 30.3 Å². The van der Waals surface area contributed by atoms with Gasteiger partial charge in [0.2, 0.25) is 0 Å². The van der Waals surface area contributed by atoms with Crippen LogP contribution in [0.15, 0.2) is 46.1 Å². The molecule has 1 N–H and O–H groups in total. The minimum atomic E-state index is -0.476. The molecule has 6 nitrogen and oxygen atoms in total. The summed E-state index contributed by atoms with van der Waals surface area (Å²) in [5.74, 6) is 0. The molecule has 122 valence electrons. The normalized spacial score (nSPS) is 20.8. The van der Waals surface area contributed by atoms with Gasteiger partial charge in [-0.2, -0.15) is 3.59 Å². The van der Waals surface area contributed by atoms with Crippen LogP contribution in [0.2, 0.25) is 0 Å². The first-order valence-corrected chi connectivity index (χ1v) is 8.14. The molecule has 0 saturated carbocycles. The Morgan fingerprint density at radius 2 is 1.96 bits per heavy atom. The van der Waals surface area contributed by atoms with Crippen LogP contribution in [0.3, 0.4) is 0 Å². The van der Waals surface area contributed by atoms with Gasteiger partial charge in [0.15, 0.2) is 0 Å². The molecule has 2 atom stereocenters. The smallest absolute Gasteiger partial charge is 0.343 e. The Kier molecular flexibility index (Phi) is 4.79. The third-order valence-electron chi connectivity index (χ3n) is 3.97. The second-order valence-corrected chi connectivity index (χ2v) is 6.27. The predicted octanol–water partition coefficient (Wildman–Crippen LogP) is 1.43. The van der Waals surface area contributed by atoms with Crippen LogP contribution >= 0.6 is 16.1 Å². The topological polar surface area (TPSA) is 73.5 Å². The molecular weight excluding hydrogens is 364 g/mol. The molecule has 2 heterocycles. The Labute approximate surface area is 141 Å². The third kappa shape index (κ3) is 3.31. The van der Waals surface area contributed by atoms with Crippen molar-refractivity contribution in [3.63, 3.8) is 0 Å². The minimum absolute atomic E-state index is 0.0733. The fourth-order valence-corrected chi connectivity index (χ4v) is 3.17. The highest BCUT2D eigenvalue weighted by molar-refractivity contribution is 9.08. The molecule has 23 heavy (non-hydrogen) atoms. The number of benzene rings is 1. The van der Waals surface area contributed by atoms with Crippen LogP contribution in [0, 0.1) is 0 Å². The number of ether oxygens (including phenoxy) is 1. The minimum Gasteiger partial charge on any atom is -0.394 e. The maximum atomic E-state index is 12.3. The lowest BCUT2D eigenvalue weighted by Crippen LogP contribution is -2.38. The number of hydrogen-bond acceptors (Lipinski definition) is 4. The Balaban J connectivity index is 1.98. The van der Waals surface area contributed by atoms with Gasteiger partial charge in [0.1, 0.15) is 6.23 Å². The maximum Gasteiger partial charge on any atom is 0.343 e. The van der Waals surface area contributed by atoms with Gasteiger partial charge in [-0.05, 0) is 18.4 Å². The Morgan fingerprint density at radius 3 is 2.61 bits per heavy atom. The first-order valence-electron chi connectivity index (χ1n) is 7.43. The number of aliphatic hydroxyl groups is 1. The van der Waals surface area contributed by atoms with Gasteiger partial charge in [0.05, 0.1) is 28.9 Å². The number of nitrogens with zero attached hydrogens (tertiary/aromatic N) is 2. The van der Waals surface area contributed by atoms with Gasteiger partial charge >= 0.3 is 5.69 Å². The van der Waals surface area contributed by atoms with Crippen molar-refractivity contribution in [2.24, 2.45) is 0 Å². The van der Waals surface area contributed by atoms with Crippen molar-refractivity contribution in [3.8, 4) is 0 Å². The van der Waals surface area contributed by atoms with E-state index in [1.54, 1.807) is 6.20 Å². The van der Waals surface area contributed by atoms with Crippen molar-refractivity contribution in [2.75, 3.05) is 6.61 Å². The van der Waals surface area contributed by atoms with Crippen molar-refractivity contribution in [1.29, 1.82) is 0 Å². The zero-order valence-electron chi connectivity index (χ0n) is 12.4. The van der Waals surface area contributed by atoms with Crippen LogP contribution in [0.25, 0.3) is 0 Å². The van der Waals surface area contributed by atoms with Gasteiger partial charge in [-0.25, -0.2) is 4.79 Å². The van der Waals surface area contributed by atoms with Crippen LogP contribution in [-0.4, -0.2) is 26.0 Å². The Hall–Kier alpha value is -1.70. The summed E-state index contributed by atoms with van der Waals surface area (Å²) in [6.07, 6.45) is 2.59. The van der Waals surface area contributed by atoms with Crippen LogP contribution < -0.4 is 11.2 Å². The lowest BCUT2D eigenvalue weighted by atomic mass is 10.1. The largest absolute Gasteiger partial charge is 0.394 e. The highest BCUT2D eigenvalue weighted by atomic mass is 79.9. The maximum absolute atomic E-state index is 12.3. The third-order valence-corrected chi connectivity index (χ3v) is 4.60.